The predicted octanol–water partition coefficient (Wildman–Crippen LogP) is 3.86. The second-order valence-electron chi connectivity index (χ2n) is 9.44. The van der Waals surface area contributed by atoms with Gasteiger partial charge in [0.2, 0.25) is 0 Å². The normalized spacial score (nSPS) is 17.2. The fourth-order valence-corrected chi connectivity index (χ4v) is 4.52. The van der Waals surface area contributed by atoms with E-state index in [1.54, 1.807) is 16.8 Å². The van der Waals surface area contributed by atoms with E-state index in [9.17, 15) is 5.11 Å². The van der Waals surface area contributed by atoms with Crippen molar-refractivity contribution in [3.05, 3.63) is 42.6 Å². The number of phenols is 1. The molecule has 0 aliphatic carbocycles. The Balaban J connectivity index is 1.45. The molecule has 0 unspecified atom stereocenters. The van der Waals surface area contributed by atoms with E-state index in [0.29, 0.717) is 6.04 Å². The monoisotopic (exact) mass is 416 g/mol. The van der Waals surface area contributed by atoms with Crippen LogP contribution in [0.15, 0.2) is 42.6 Å². The van der Waals surface area contributed by atoms with Crippen LogP contribution in [0.2, 0.25) is 0 Å². The van der Waals surface area contributed by atoms with Gasteiger partial charge in [0, 0.05) is 48.6 Å². The van der Waals surface area contributed by atoms with Gasteiger partial charge >= 0.3 is 0 Å². The zero-order chi connectivity index (χ0) is 21.8. The number of aromatic hydroxyl groups is 1. The fraction of sp³-hybridized carbons (Fsp3) is 0.375. The third-order valence-electron chi connectivity index (χ3n) is 5.78. The molecular weight excluding hydrogens is 388 g/mol. The third-order valence-corrected chi connectivity index (χ3v) is 5.78. The van der Waals surface area contributed by atoms with Crippen LogP contribution in [0, 0.1) is 0 Å². The van der Waals surface area contributed by atoms with Crippen LogP contribution < -0.4 is 10.2 Å². The molecule has 1 atom stereocenters. The number of rotatable bonds is 3. The van der Waals surface area contributed by atoms with E-state index in [0.717, 1.165) is 58.5 Å². The van der Waals surface area contributed by atoms with E-state index in [2.05, 4.69) is 53.2 Å². The van der Waals surface area contributed by atoms with Crippen molar-refractivity contribution in [1.82, 2.24) is 25.1 Å². The first-order chi connectivity index (χ1) is 14.8. The molecule has 7 heteroatoms. The van der Waals surface area contributed by atoms with Crippen molar-refractivity contribution in [2.45, 2.75) is 38.8 Å². The van der Waals surface area contributed by atoms with Crippen molar-refractivity contribution < 1.29 is 5.11 Å². The van der Waals surface area contributed by atoms with E-state index in [-0.39, 0.29) is 11.3 Å². The van der Waals surface area contributed by atoms with Crippen LogP contribution in [0.3, 0.4) is 0 Å². The van der Waals surface area contributed by atoms with Crippen molar-refractivity contribution in [1.29, 1.82) is 0 Å². The Kier molecular flexibility index (Phi) is 4.59. The van der Waals surface area contributed by atoms with Crippen LogP contribution in [0.4, 0.5) is 5.69 Å². The molecule has 0 saturated carbocycles. The summed E-state index contributed by atoms with van der Waals surface area (Å²) in [7, 11) is 1.89. The number of fused-ring (bicyclic) bond motifs is 2. The summed E-state index contributed by atoms with van der Waals surface area (Å²) in [5.41, 5.74) is 4.46. The maximum Gasteiger partial charge on any atom is 0.159 e. The smallest absolute Gasteiger partial charge is 0.159 e. The van der Waals surface area contributed by atoms with Gasteiger partial charge in [0.25, 0.3) is 0 Å². The standard InChI is InChI=1S/C24H28N6O/c1-24(2,3)27-16-9-10-30(14-16)17-11-15-5-8-20(26-23(15)25-13-17)22-19-7-6-18(31)12-21(19)28-29(22)4/h5-8,11-13,16,27,31H,9-10,14H2,1-4H3/t16-/m1/s1. The zero-order valence-corrected chi connectivity index (χ0v) is 18.4. The molecule has 4 heterocycles. The molecule has 1 saturated heterocycles. The van der Waals surface area contributed by atoms with E-state index >= 15 is 0 Å². The third kappa shape index (κ3) is 3.81. The summed E-state index contributed by atoms with van der Waals surface area (Å²) >= 11 is 0. The molecule has 0 bridgehead atoms. The lowest BCUT2D eigenvalue weighted by molar-refractivity contribution is 0.373. The van der Waals surface area contributed by atoms with Crippen molar-refractivity contribution in [2.75, 3.05) is 18.0 Å². The molecule has 0 radical (unpaired) electrons. The summed E-state index contributed by atoms with van der Waals surface area (Å²) in [6, 6.07) is 12.0. The summed E-state index contributed by atoms with van der Waals surface area (Å²) in [6.45, 7) is 8.66. The first-order valence-electron chi connectivity index (χ1n) is 10.7. The van der Waals surface area contributed by atoms with Gasteiger partial charge in [-0.05, 0) is 57.5 Å². The molecule has 4 aromatic rings. The summed E-state index contributed by atoms with van der Waals surface area (Å²) < 4.78 is 1.80. The minimum Gasteiger partial charge on any atom is -0.508 e. The van der Waals surface area contributed by atoms with Crippen molar-refractivity contribution >= 4 is 27.6 Å². The molecule has 1 fully saturated rings. The summed E-state index contributed by atoms with van der Waals surface area (Å²) in [5, 5.41) is 19.9. The highest BCUT2D eigenvalue weighted by Crippen LogP contribution is 2.31. The Morgan fingerprint density at radius 1 is 1.13 bits per heavy atom. The Hall–Kier alpha value is -3.19. The van der Waals surface area contributed by atoms with Crippen molar-refractivity contribution in [2.24, 2.45) is 7.05 Å². The number of phenolic OH excluding ortho intramolecular Hbond substituents is 1. The summed E-state index contributed by atoms with van der Waals surface area (Å²) in [5.74, 6) is 0.208. The Labute approximate surface area is 181 Å². The molecule has 1 aromatic carbocycles. The highest BCUT2D eigenvalue weighted by molar-refractivity contribution is 5.94. The van der Waals surface area contributed by atoms with Gasteiger partial charge < -0.3 is 15.3 Å². The lowest BCUT2D eigenvalue weighted by Crippen LogP contribution is -2.44. The molecule has 160 valence electrons. The van der Waals surface area contributed by atoms with Crippen LogP contribution in [-0.4, -0.2) is 49.5 Å². The molecule has 1 aliphatic heterocycles. The number of aromatic nitrogens is 4. The van der Waals surface area contributed by atoms with Crippen LogP contribution in [0.1, 0.15) is 27.2 Å². The van der Waals surface area contributed by atoms with Gasteiger partial charge in [-0.25, -0.2) is 9.97 Å². The molecule has 7 nitrogen and oxygen atoms in total. The minimum absolute atomic E-state index is 0.122. The Bertz CT molecular complexity index is 1270. The van der Waals surface area contributed by atoms with Crippen LogP contribution in [-0.2, 0) is 7.05 Å². The van der Waals surface area contributed by atoms with Gasteiger partial charge in [-0.3, -0.25) is 4.68 Å². The minimum atomic E-state index is 0.122. The highest BCUT2D eigenvalue weighted by Gasteiger charge is 2.26. The molecule has 2 N–H and O–H groups in total. The van der Waals surface area contributed by atoms with Gasteiger partial charge in [0.05, 0.1) is 28.8 Å². The SMILES string of the molecule is Cn1nc2cc(O)ccc2c1-c1ccc2cc(N3CC[C@@H](NC(C)(C)C)C3)cnc2n1. The molecule has 5 rings (SSSR count). The lowest BCUT2D eigenvalue weighted by atomic mass is 10.1. The molecule has 3 aromatic heterocycles. The number of nitrogens with zero attached hydrogens (tertiary/aromatic N) is 5. The number of nitrogens with one attached hydrogen (secondary N) is 1. The Morgan fingerprint density at radius 3 is 2.77 bits per heavy atom. The van der Waals surface area contributed by atoms with Crippen LogP contribution in [0.5, 0.6) is 5.75 Å². The van der Waals surface area contributed by atoms with Gasteiger partial charge in [0.15, 0.2) is 5.65 Å². The van der Waals surface area contributed by atoms with Crippen molar-refractivity contribution in [3.8, 4) is 17.1 Å². The number of benzene rings is 1. The van der Waals surface area contributed by atoms with Gasteiger partial charge in [0.1, 0.15) is 5.75 Å². The fourth-order valence-electron chi connectivity index (χ4n) is 4.52. The van der Waals surface area contributed by atoms with Gasteiger partial charge in [-0.1, -0.05) is 0 Å². The van der Waals surface area contributed by atoms with Crippen LogP contribution in [0.25, 0.3) is 33.3 Å². The lowest BCUT2D eigenvalue weighted by Gasteiger charge is -2.26. The predicted molar refractivity (Wildman–Crippen MR) is 124 cm³/mol. The first kappa shape index (κ1) is 19.8. The summed E-state index contributed by atoms with van der Waals surface area (Å²) in [6.07, 6.45) is 3.06. The largest absolute Gasteiger partial charge is 0.508 e. The molecule has 1 aliphatic rings. The van der Waals surface area contributed by atoms with Crippen molar-refractivity contribution in [3.63, 3.8) is 0 Å². The number of aryl methyl sites for hydroxylation is 1. The second-order valence-corrected chi connectivity index (χ2v) is 9.44. The van der Waals surface area contributed by atoms with E-state index < -0.39 is 0 Å². The topological polar surface area (TPSA) is 79.1 Å². The van der Waals surface area contributed by atoms with E-state index in [1.807, 2.05) is 25.4 Å². The van der Waals surface area contributed by atoms with Gasteiger partial charge in [-0.15, -0.1) is 0 Å². The Morgan fingerprint density at radius 2 is 1.97 bits per heavy atom. The van der Waals surface area contributed by atoms with Crippen LogP contribution >= 0.6 is 0 Å². The number of hydrogen-bond donors (Lipinski definition) is 2. The average molecular weight is 417 g/mol. The quantitative estimate of drug-likeness (QED) is 0.528. The number of pyridine rings is 2. The maximum atomic E-state index is 9.75. The van der Waals surface area contributed by atoms with E-state index in [1.165, 1.54) is 0 Å². The maximum absolute atomic E-state index is 9.75. The number of anilines is 1. The second kappa shape index (κ2) is 7.20. The molecule has 0 amide bonds. The molecule has 31 heavy (non-hydrogen) atoms. The molecule has 0 spiro atoms. The summed E-state index contributed by atoms with van der Waals surface area (Å²) in [4.78, 5) is 11.9. The first-order valence-corrected chi connectivity index (χ1v) is 10.7. The zero-order valence-electron chi connectivity index (χ0n) is 18.4. The van der Waals surface area contributed by atoms with E-state index in [4.69, 9.17) is 4.98 Å². The number of hydrogen-bond acceptors (Lipinski definition) is 6. The molecular formula is C24H28N6O. The highest BCUT2D eigenvalue weighted by atomic mass is 16.3. The van der Waals surface area contributed by atoms with Gasteiger partial charge in [-0.2, -0.15) is 5.10 Å². The average Bonchev–Trinajstić information content (AvgIpc) is 3.29.